The molecule has 7 rings (SSSR count). The Morgan fingerprint density at radius 3 is 2.27 bits per heavy atom. The standard InChI is InChI=1S/C37H29N3O3S/c1-3-43-36(42)31-33(25-15-9-5-10-16-25)39-37-40(34(31)26-17-11-6-12-18-26)35(41)30(44-37)22-28-27-21-23(2)19-20-29(27)38-32(28)24-13-7-4-8-14-24/h4-22,34,38H,3H2,1-2H3/b30-22+/t34-/m0/s1. The summed E-state index contributed by atoms with van der Waals surface area (Å²) in [6.07, 6.45) is 1.96. The highest BCUT2D eigenvalue weighted by atomic mass is 32.1. The zero-order chi connectivity index (χ0) is 30.2. The lowest BCUT2D eigenvalue weighted by Crippen LogP contribution is -2.40. The van der Waals surface area contributed by atoms with Crippen LogP contribution in [0.5, 0.6) is 0 Å². The molecule has 3 heterocycles. The lowest BCUT2D eigenvalue weighted by atomic mass is 9.93. The molecule has 1 aliphatic heterocycles. The van der Waals surface area contributed by atoms with Crippen LogP contribution in [0.25, 0.3) is 33.9 Å². The van der Waals surface area contributed by atoms with Crippen LogP contribution in [-0.4, -0.2) is 22.1 Å². The largest absolute Gasteiger partial charge is 0.463 e. The summed E-state index contributed by atoms with van der Waals surface area (Å²) >= 11 is 1.33. The van der Waals surface area contributed by atoms with Gasteiger partial charge in [-0.3, -0.25) is 9.36 Å². The van der Waals surface area contributed by atoms with Gasteiger partial charge in [0.1, 0.15) is 0 Å². The van der Waals surface area contributed by atoms with Gasteiger partial charge in [-0.05, 0) is 43.2 Å². The van der Waals surface area contributed by atoms with Gasteiger partial charge in [0.05, 0.1) is 34.1 Å². The molecular formula is C37H29N3O3S. The van der Waals surface area contributed by atoms with Crippen molar-refractivity contribution < 1.29 is 9.53 Å². The Balaban J connectivity index is 1.53. The van der Waals surface area contributed by atoms with Crippen molar-refractivity contribution >= 4 is 40.0 Å². The van der Waals surface area contributed by atoms with E-state index in [0.29, 0.717) is 20.6 Å². The van der Waals surface area contributed by atoms with E-state index in [4.69, 9.17) is 9.73 Å². The van der Waals surface area contributed by atoms with Gasteiger partial charge in [0, 0.05) is 22.0 Å². The van der Waals surface area contributed by atoms with Gasteiger partial charge in [-0.15, -0.1) is 0 Å². The summed E-state index contributed by atoms with van der Waals surface area (Å²) in [4.78, 5) is 37.2. The Morgan fingerprint density at radius 1 is 0.932 bits per heavy atom. The number of nitrogens with zero attached hydrogens (tertiary/aromatic N) is 2. The van der Waals surface area contributed by atoms with Crippen molar-refractivity contribution in [1.29, 1.82) is 0 Å². The van der Waals surface area contributed by atoms with Crippen LogP contribution in [-0.2, 0) is 9.53 Å². The second kappa shape index (κ2) is 11.4. The van der Waals surface area contributed by atoms with E-state index >= 15 is 0 Å². The quantitative estimate of drug-likeness (QED) is 0.227. The molecule has 0 amide bonds. The molecule has 0 saturated heterocycles. The molecule has 1 N–H and O–H groups in total. The zero-order valence-electron chi connectivity index (χ0n) is 24.3. The molecule has 4 aromatic carbocycles. The number of rotatable bonds is 6. The highest BCUT2D eigenvalue weighted by Crippen LogP contribution is 2.35. The smallest absolute Gasteiger partial charge is 0.338 e. The average Bonchev–Trinajstić information content (AvgIpc) is 3.57. The molecule has 1 atom stereocenters. The van der Waals surface area contributed by atoms with Crippen LogP contribution in [0.1, 0.15) is 35.2 Å². The van der Waals surface area contributed by atoms with Gasteiger partial charge >= 0.3 is 5.97 Å². The van der Waals surface area contributed by atoms with Crippen LogP contribution < -0.4 is 14.9 Å². The van der Waals surface area contributed by atoms with Gasteiger partial charge in [-0.1, -0.05) is 114 Å². The van der Waals surface area contributed by atoms with Crippen molar-refractivity contribution in [2.24, 2.45) is 4.99 Å². The number of ether oxygens (including phenoxy) is 1. The number of fused-ring (bicyclic) bond motifs is 2. The molecule has 0 spiro atoms. The topological polar surface area (TPSA) is 76.4 Å². The van der Waals surface area contributed by atoms with E-state index < -0.39 is 12.0 Å². The number of hydrogen-bond acceptors (Lipinski definition) is 5. The number of carbonyl (C=O) groups is 1. The molecule has 0 unspecified atom stereocenters. The Hall–Kier alpha value is -5.27. The fourth-order valence-corrected chi connectivity index (χ4v) is 6.81. The molecule has 2 aromatic heterocycles. The van der Waals surface area contributed by atoms with E-state index in [0.717, 1.165) is 44.4 Å². The second-order valence-corrected chi connectivity index (χ2v) is 11.7. The Bertz CT molecular complexity index is 2230. The van der Waals surface area contributed by atoms with Crippen molar-refractivity contribution in [2.75, 3.05) is 6.61 Å². The molecule has 0 saturated carbocycles. The predicted octanol–water partition coefficient (Wildman–Crippen LogP) is 6.39. The van der Waals surface area contributed by atoms with Crippen molar-refractivity contribution in [2.45, 2.75) is 19.9 Å². The van der Waals surface area contributed by atoms with Crippen LogP contribution >= 0.6 is 11.3 Å². The number of hydrogen-bond donors (Lipinski definition) is 1. The van der Waals surface area contributed by atoms with Crippen molar-refractivity contribution in [3.05, 3.63) is 157 Å². The first kappa shape index (κ1) is 27.6. The first-order chi connectivity index (χ1) is 21.5. The summed E-state index contributed by atoms with van der Waals surface area (Å²) in [6.45, 7) is 4.05. The summed E-state index contributed by atoms with van der Waals surface area (Å²) in [5, 5.41) is 1.03. The van der Waals surface area contributed by atoms with E-state index in [1.807, 2.05) is 84.9 Å². The zero-order valence-corrected chi connectivity index (χ0v) is 25.1. The second-order valence-electron chi connectivity index (χ2n) is 10.7. The van der Waals surface area contributed by atoms with Crippen LogP contribution in [0.3, 0.4) is 0 Å². The number of aromatic nitrogens is 2. The fraction of sp³-hybridized carbons (Fsp3) is 0.108. The first-order valence-corrected chi connectivity index (χ1v) is 15.4. The van der Waals surface area contributed by atoms with Crippen LogP contribution in [0.2, 0.25) is 0 Å². The number of esters is 1. The first-order valence-electron chi connectivity index (χ1n) is 14.5. The van der Waals surface area contributed by atoms with Gasteiger partial charge in [0.15, 0.2) is 4.80 Å². The molecule has 216 valence electrons. The molecule has 1 aliphatic rings. The minimum Gasteiger partial charge on any atom is -0.463 e. The van der Waals surface area contributed by atoms with Crippen LogP contribution in [0, 0.1) is 6.92 Å². The Labute approximate surface area is 257 Å². The average molecular weight is 596 g/mol. The molecular weight excluding hydrogens is 566 g/mol. The third kappa shape index (κ3) is 4.81. The molecule has 0 bridgehead atoms. The number of carbonyl (C=O) groups excluding carboxylic acids is 1. The number of aryl methyl sites for hydroxylation is 1. The SMILES string of the molecule is CCOC(=O)C1=C(c2ccccc2)N=c2s/c(=C/c3c(-c4ccccc4)[nH]c4ccc(C)cc34)c(=O)n2[C@H]1c1ccccc1. The molecule has 0 radical (unpaired) electrons. The van der Waals surface area contributed by atoms with E-state index in [2.05, 4.69) is 42.2 Å². The number of benzene rings is 4. The van der Waals surface area contributed by atoms with Gasteiger partial charge < -0.3 is 9.72 Å². The van der Waals surface area contributed by atoms with Gasteiger partial charge in [0.25, 0.3) is 5.56 Å². The van der Waals surface area contributed by atoms with Gasteiger partial charge in [-0.25, -0.2) is 9.79 Å². The molecule has 6 nitrogen and oxygen atoms in total. The third-order valence-electron chi connectivity index (χ3n) is 7.82. The van der Waals surface area contributed by atoms with Crippen LogP contribution in [0.15, 0.2) is 125 Å². The minimum absolute atomic E-state index is 0.207. The Morgan fingerprint density at radius 2 is 1.59 bits per heavy atom. The molecule has 7 heteroatoms. The summed E-state index contributed by atoms with van der Waals surface area (Å²) in [6, 6.07) is 34.9. The minimum atomic E-state index is -0.706. The maximum absolute atomic E-state index is 14.4. The summed E-state index contributed by atoms with van der Waals surface area (Å²) in [7, 11) is 0. The van der Waals surface area contributed by atoms with Crippen molar-refractivity contribution in [3.63, 3.8) is 0 Å². The number of H-pyrrole nitrogens is 1. The maximum atomic E-state index is 14.4. The van der Waals surface area contributed by atoms with Crippen molar-refractivity contribution in [1.82, 2.24) is 9.55 Å². The van der Waals surface area contributed by atoms with E-state index in [1.165, 1.54) is 11.3 Å². The van der Waals surface area contributed by atoms with Crippen LogP contribution in [0.4, 0.5) is 0 Å². The lowest BCUT2D eigenvalue weighted by molar-refractivity contribution is -0.138. The summed E-state index contributed by atoms with van der Waals surface area (Å²) < 4.78 is 7.75. The van der Waals surface area contributed by atoms with E-state index in [1.54, 1.807) is 11.5 Å². The Kier molecular flexibility index (Phi) is 7.16. The monoisotopic (exact) mass is 595 g/mol. The van der Waals surface area contributed by atoms with Gasteiger partial charge in [0.2, 0.25) is 0 Å². The van der Waals surface area contributed by atoms with E-state index in [9.17, 15) is 9.59 Å². The third-order valence-corrected chi connectivity index (χ3v) is 8.80. The highest BCUT2D eigenvalue weighted by Gasteiger charge is 2.35. The molecule has 44 heavy (non-hydrogen) atoms. The molecule has 0 aliphatic carbocycles. The normalized spacial score (nSPS) is 14.9. The number of thiazole rings is 1. The van der Waals surface area contributed by atoms with Crippen molar-refractivity contribution in [3.8, 4) is 11.3 Å². The maximum Gasteiger partial charge on any atom is 0.338 e. The summed E-state index contributed by atoms with van der Waals surface area (Å²) in [5.41, 5.74) is 7.25. The highest BCUT2D eigenvalue weighted by molar-refractivity contribution is 7.07. The predicted molar refractivity (Wildman–Crippen MR) is 176 cm³/mol. The number of nitrogens with one attached hydrogen (secondary N) is 1. The van der Waals surface area contributed by atoms with Gasteiger partial charge in [-0.2, -0.15) is 0 Å². The molecule has 0 fully saturated rings. The summed E-state index contributed by atoms with van der Waals surface area (Å²) in [5.74, 6) is -0.489. The van der Waals surface area contributed by atoms with E-state index in [-0.39, 0.29) is 12.2 Å². The number of aromatic amines is 1. The lowest BCUT2D eigenvalue weighted by Gasteiger charge is -2.25. The fourth-order valence-electron chi connectivity index (χ4n) is 5.83. The molecule has 6 aromatic rings.